The third-order valence-electron chi connectivity index (χ3n) is 4.49. The first-order valence-electron chi connectivity index (χ1n) is 8.14. The van der Waals surface area contributed by atoms with Crippen LogP contribution in [0.25, 0.3) is 0 Å². The van der Waals surface area contributed by atoms with Gasteiger partial charge in [-0.25, -0.2) is 0 Å². The lowest BCUT2D eigenvalue weighted by Crippen LogP contribution is -2.61. The highest BCUT2D eigenvalue weighted by Crippen LogP contribution is 2.29. The van der Waals surface area contributed by atoms with Gasteiger partial charge in [-0.05, 0) is 18.1 Å². The number of hydrogen-bond acceptors (Lipinski definition) is 3. The molecule has 2 aromatic carbocycles. The lowest BCUT2D eigenvalue weighted by molar-refractivity contribution is -0.129. The summed E-state index contributed by atoms with van der Waals surface area (Å²) < 4.78 is 6.22. The average molecular weight is 309 g/mol. The van der Waals surface area contributed by atoms with Gasteiger partial charge in [0.1, 0.15) is 6.29 Å². The van der Waals surface area contributed by atoms with E-state index in [0.29, 0.717) is 13.2 Å². The number of carbonyl (C=O) groups excluding carboxylic acids is 1. The van der Waals surface area contributed by atoms with Crippen LogP contribution in [0.4, 0.5) is 0 Å². The van der Waals surface area contributed by atoms with Crippen molar-refractivity contribution in [2.24, 2.45) is 0 Å². The van der Waals surface area contributed by atoms with Crippen LogP contribution in [-0.4, -0.2) is 31.1 Å². The molecule has 2 atom stereocenters. The van der Waals surface area contributed by atoms with Crippen molar-refractivity contribution in [2.45, 2.75) is 31.4 Å². The third-order valence-corrected chi connectivity index (χ3v) is 4.49. The van der Waals surface area contributed by atoms with Gasteiger partial charge in [0.2, 0.25) is 0 Å². The van der Waals surface area contributed by atoms with E-state index in [4.69, 9.17) is 4.74 Å². The van der Waals surface area contributed by atoms with Crippen LogP contribution in [0.15, 0.2) is 54.6 Å². The fourth-order valence-corrected chi connectivity index (χ4v) is 3.41. The molecule has 23 heavy (non-hydrogen) atoms. The minimum atomic E-state index is -0.533. The molecule has 120 valence electrons. The number of aldehydes is 1. The third kappa shape index (κ3) is 3.69. The standard InChI is InChI=1S/C20H23NO2/c1-16-6-5-9-18(12-16)14-20(13-17-7-3-2-4-8-17)19(15-22)21-10-11-23-20/h2-9,12,15,19,21H,10-11,13-14H2,1H3. The molecule has 0 spiro atoms. The molecule has 0 aliphatic carbocycles. The van der Waals surface area contributed by atoms with E-state index < -0.39 is 5.60 Å². The van der Waals surface area contributed by atoms with Crippen molar-refractivity contribution < 1.29 is 9.53 Å². The van der Waals surface area contributed by atoms with Gasteiger partial charge in [0, 0.05) is 19.4 Å². The Balaban J connectivity index is 1.93. The largest absolute Gasteiger partial charge is 0.371 e. The molecule has 3 heteroatoms. The SMILES string of the molecule is Cc1cccc(CC2(Cc3ccccc3)OCCNC2C=O)c1. The second kappa shape index (κ2) is 7.07. The summed E-state index contributed by atoms with van der Waals surface area (Å²) in [5.74, 6) is 0. The number of nitrogens with one attached hydrogen (secondary N) is 1. The summed E-state index contributed by atoms with van der Waals surface area (Å²) in [6, 6.07) is 18.4. The highest BCUT2D eigenvalue weighted by atomic mass is 16.5. The van der Waals surface area contributed by atoms with Crippen molar-refractivity contribution in [2.75, 3.05) is 13.2 Å². The molecular weight excluding hydrogens is 286 g/mol. The molecule has 1 fully saturated rings. The summed E-state index contributed by atoms with van der Waals surface area (Å²) in [5, 5.41) is 3.32. The van der Waals surface area contributed by atoms with E-state index >= 15 is 0 Å². The maximum Gasteiger partial charge on any atom is 0.139 e. The van der Waals surface area contributed by atoms with Gasteiger partial charge in [-0.3, -0.25) is 0 Å². The van der Waals surface area contributed by atoms with Crippen molar-refractivity contribution in [3.63, 3.8) is 0 Å². The van der Waals surface area contributed by atoms with Crippen LogP contribution in [0.2, 0.25) is 0 Å². The first-order chi connectivity index (χ1) is 11.2. The van der Waals surface area contributed by atoms with Crippen molar-refractivity contribution >= 4 is 6.29 Å². The molecule has 1 aliphatic heterocycles. The Morgan fingerprint density at radius 1 is 1.13 bits per heavy atom. The van der Waals surface area contributed by atoms with E-state index in [9.17, 15) is 4.79 Å². The molecule has 3 nitrogen and oxygen atoms in total. The fourth-order valence-electron chi connectivity index (χ4n) is 3.41. The normalized spacial score (nSPS) is 24.3. The summed E-state index contributed by atoms with van der Waals surface area (Å²) in [6.07, 6.45) is 2.44. The van der Waals surface area contributed by atoms with E-state index in [-0.39, 0.29) is 6.04 Å². The molecular formula is C20H23NO2. The zero-order valence-corrected chi connectivity index (χ0v) is 13.5. The topological polar surface area (TPSA) is 38.3 Å². The van der Waals surface area contributed by atoms with Crippen molar-refractivity contribution in [3.8, 4) is 0 Å². The lowest BCUT2D eigenvalue weighted by Gasteiger charge is -2.42. The highest BCUT2D eigenvalue weighted by Gasteiger charge is 2.42. The number of morpholine rings is 1. The van der Waals surface area contributed by atoms with E-state index in [0.717, 1.165) is 19.1 Å². The molecule has 0 saturated carbocycles. The zero-order chi connectivity index (χ0) is 16.1. The summed E-state index contributed by atoms with van der Waals surface area (Å²) in [6.45, 7) is 3.43. The van der Waals surface area contributed by atoms with Gasteiger partial charge in [-0.1, -0.05) is 60.2 Å². The molecule has 1 heterocycles. The molecule has 1 aliphatic rings. The fraction of sp³-hybridized carbons (Fsp3) is 0.350. The summed E-state index contributed by atoms with van der Waals surface area (Å²) in [5.41, 5.74) is 3.09. The zero-order valence-electron chi connectivity index (χ0n) is 13.5. The van der Waals surface area contributed by atoms with Gasteiger partial charge >= 0.3 is 0 Å². The van der Waals surface area contributed by atoms with Crippen LogP contribution in [-0.2, 0) is 22.4 Å². The Morgan fingerprint density at radius 2 is 1.87 bits per heavy atom. The van der Waals surface area contributed by atoms with Gasteiger partial charge in [-0.2, -0.15) is 0 Å². The maximum atomic E-state index is 11.7. The Kier molecular flexibility index (Phi) is 4.89. The van der Waals surface area contributed by atoms with Crippen LogP contribution in [0.5, 0.6) is 0 Å². The van der Waals surface area contributed by atoms with Crippen LogP contribution in [0.1, 0.15) is 16.7 Å². The van der Waals surface area contributed by atoms with Crippen LogP contribution >= 0.6 is 0 Å². The second-order valence-corrected chi connectivity index (χ2v) is 6.31. The number of rotatable bonds is 5. The molecule has 2 unspecified atom stereocenters. The van der Waals surface area contributed by atoms with E-state index in [1.54, 1.807) is 0 Å². The van der Waals surface area contributed by atoms with Crippen molar-refractivity contribution in [1.82, 2.24) is 5.32 Å². The average Bonchev–Trinajstić information content (AvgIpc) is 2.56. The van der Waals surface area contributed by atoms with Crippen molar-refractivity contribution in [3.05, 3.63) is 71.3 Å². The summed E-state index contributed by atoms with van der Waals surface area (Å²) in [4.78, 5) is 11.7. The van der Waals surface area contributed by atoms with Crippen LogP contribution in [0.3, 0.4) is 0 Å². The number of hydrogen-bond donors (Lipinski definition) is 1. The smallest absolute Gasteiger partial charge is 0.139 e. The van der Waals surface area contributed by atoms with E-state index in [1.165, 1.54) is 16.7 Å². The molecule has 2 aromatic rings. The quantitative estimate of drug-likeness (QED) is 0.863. The van der Waals surface area contributed by atoms with Gasteiger partial charge in [0.25, 0.3) is 0 Å². The number of ether oxygens (including phenoxy) is 1. The lowest BCUT2D eigenvalue weighted by atomic mass is 9.81. The number of benzene rings is 2. The first-order valence-corrected chi connectivity index (χ1v) is 8.14. The molecule has 1 N–H and O–H groups in total. The molecule has 3 rings (SSSR count). The molecule has 0 bridgehead atoms. The van der Waals surface area contributed by atoms with Gasteiger partial charge in [0.05, 0.1) is 18.2 Å². The Hall–Kier alpha value is -1.97. The van der Waals surface area contributed by atoms with Crippen LogP contribution < -0.4 is 5.32 Å². The van der Waals surface area contributed by atoms with Gasteiger partial charge in [0.15, 0.2) is 0 Å². The highest BCUT2D eigenvalue weighted by molar-refractivity contribution is 5.61. The Morgan fingerprint density at radius 3 is 2.61 bits per heavy atom. The monoisotopic (exact) mass is 309 g/mol. The maximum absolute atomic E-state index is 11.7. The minimum absolute atomic E-state index is 0.294. The van der Waals surface area contributed by atoms with Gasteiger partial charge < -0.3 is 14.8 Å². The Labute approximate surface area is 137 Å². The van der Waals surface area contributed by atoms with Crippen LogP contribution in [0, 0.1) is 6.92 Å². The predicted octanol–water partition coefficient (Wildman–Crippen LogP) is 2.71. The molecule has 0 amide bonds. The second-order valence-electron chi connectivity index (χ2n) is 6.31. The molecule has 0 radical (unpaired) electrons. The van der Waals surface area contributed by atoms with Gasteiger partial charge in [-0.15, -0.1) is 0 Å². The number of aryl methyl sites for hydroxylation is 1. The molecule has 0 aromatic heterocycles. The Bertz CT molecular complexity index is 656. The summed E-state index contributed by atoms with van der Waals surface area (Å²) >= 11 is 0. The summed E-state index contributed by atoms with van der Waals surface area (Å²) in [7, 11) is 0. The first kappa shape index (κ1) is 15.9. The minimum Gasteiger partial charge on any atom is -0.371 e. The van der Waals surface area contributed by atoms with Crippen molar-refractivity contribution in [1.29, 1.82) is 0 Å². The van der Waals surface area contributed by atoms with E-state index in [2.05, 4.69) is 48.6 Å². The predicted molar refractivity (Wildman–Crippen MR) is 91.6 cm³/mol. The van der Waals surface area contributed by atoms with E-state index in [1.807, 2.05) is 18.2 Å². The number of carbonyl (C=O) groups is 1. The molecule has 1 saturated heterocycles.